The van der Waals surface area contributed by atoms with E-state index in [1.807, 2.05) is 60.7 Å². The molecular formula is C35H48N4O5. The number of rotatable bonds is 11. The first-order chi connectivity index (χ1) is 21.0. The molecule has 238 valence electrons. The molecule has 4 rings (SSSR count). The lowest BCUT2D eigenvalue weighted by Gasteiger charge is -2.41. The van der Waals surface area contributed by atoms with E-state index in [-0.39, 0.29) is 24.3 Å². The number of ketones is 1. The van der Waals surface area contributed by atoms with Gasteiger partial charge in [-0.25, -0.2) is 0 Å². The van der Waals surface area contributed by atoms with Crippen LogP contribution < -0.4 is 16.0 Å². The smallest absolute Gasteiger partial charge is 0.246 e. The summed E-state index contributed by atoms with van der Waals surface area (Å²) in [5.41, 5.74) is -1.97. The van der Waals surface area contributed by atoms with Crippen molar-refractivity contribution in [1.29, 1.82) is 0 Å². The first-order valence-electron chi connectivity index (χ1n) is 15.9. The van der Waals surface area contributed by atoms with Gasteiger partial charge in [0.05, 0.1) is 12.5 Å². The topological polar surface area (TPSA) is 128 Å². The highest BCUT2D eigenvalue weighted by molar-refractivity contribution is 5.99. The van der Waals surface area contributed by atoms with Gasteiger partial charge >= 0.3 is 0 Å². The van der Waals surface area contributed by atoms with Crippen LogP contribution in [0.5, 0.6) is 0 Å². The second-order valence-electron chi connectivity index (χ2n) is 13.3. The summed E-state index contributed by atoms with van der Waals surface area (Å²) in [5.74, 6) is -2.59. The standard InChI is InChI=1S/C35H48N4O5/c1-34(2,3)33(43)35(44,29(24-15-8-5-9-16-24)25-17-10-6-11-18-25)38-31(41)27-21-14-22-39(27)32(42)30(37-28(40)23-36-4)26-19-12-7-13-20-26/h5-6,8-11,15-18,26-27,29-30,36,44H,7,12-14,19-23H2,1-4H3,(H,37,40)(H,38,41)/t27-,30-,35?/m0/s1. The molecule has 2 aliphatic rings. The predicted octanol–water partition coefficient (Wildman–Crippen LogP) is 3.51. The molecule has 3 atom stereocenters. The maximum Gasteiger partial charge on any atom is 0.246 e. The molecule has 44 heavy (non-hydrogen) atoms. The van der Waals surface area contributed by atoms with Gasteiger partial charge in [-0.1, -0.05) is 101 Å². The number of carbonyl (C=O) groups excluding carboxylic acids is 4. The normalized spacial score (nSPS) is 19.7. The number of benzene rings is 2. The number of carbonyl (C=O) groups is 4. The van der Waals surface area contributed by atoms with Crippen molar-refractivity contribution >= 4 is 23.5 Å². The summed E-state index contributed by atoms with van der Waals surface area (Å²) in [7, 11) is 1.68. The summed E-state index contributed by atoms with van der Waals surface area (Å²) in [6.45, 7) is 5.59. The number of hydrogen-bond donors (Lipinski definition) is 4. The van der Waals surface area contributed by atoms with E-state index in [9.17, 15) is 24.3 Å². The number of nitrogens with one attached hydrogen (secondary N) is 3. The lowest BCUT2D eigenvalue weighted by atomic mass is 9.73. The second kappa shape index (κ2) is 14.5. The SMILES string of the molecule is CNCC(=O)N[C@H](C(=O)N1CCC[C@H]1C(=O)NC(O)(C(=O)C(C)(C)C)C(c1ccccc1)c1ccccc1)C1CCCCC1. The van der Waals surface area contributed by atoms with Crippen LogP contribution in [0.3, 0.4) is 0 Å². The van der Waals surface area contributed by atoms with Crippen LogP contribution in [0.4, 0.5) is 0 Å². The fourth-order valence-electron chi connectivity index (χ4n) is 6.78. The van der Waals surface area contributed by atoms with Crippen molar-refractivity contribution in [3.63, 3.8) is 0 Å². The van der Waals surface area contributed by atoms with Gasteiger partial charge in [0.25, 0.3) is 0 Å². The highest BCUT2D eigenvalue weighted by Gasteiger charge is 2.52. The Hall–Kier alpha value is -3.56. The maximum atomic E-state index is 14.2. The Kier molecular flexibility index (Phi) is 11.0. The first kappa shape index (κ1) is 33.3. The molecule has 0 bridgehead atoms. The van der Waals surface area contributed by atoms with E-state index in [2.05, 4.69) is 16.0 Å². The van der Waals surface area contributed by atoms with Crippen LogP contribution >= 0.6 is 0 Å². The number of aliphatic hydroxyl groups is 1. The summed E-state index contributed by atoms with van der Waals surface area (Å²) in [6, 6.07) is 16.8. The molecule has 9 heteroatoms. The Bertz CT molecular complexity index is 1250. The molecule has 0 radical (unpaired) electrons. The Morgan fingerprint density at radius 3 is 1.95 bits per heavy atom. The molecule has 0 spiro atoms. The van der Waals surface area contributed by atoms with Gasteiger partial charge < -0.3 is 26.0 Å². The first-order valence-corrected chi connectivity index (χ1v) is 15.9. The number of nitrogens with zero attached hydrogens (tertiary/aromatic N) is 1. The summed E-state index contributed by atoms with van der Waals surface area (Å²) in [4.78, 5) is 56.6. The summed E-state index contributed by atoms with van der Waals surface area (Å²) in [5, 5.41) is 21.0. The predicted molar refractivity (Wildman–Crippen MR) is 169 cm³/mol. The van der Waals surface area contributed by atoms with Gasteiger partial charge in [0.1, 0.15) is 12.1 Å². The Morgan fingerprint density at radius 1 is 0.864 bits per heavy atom. The van der Waals surface area contributed by atoms with E-state index < -0.39 is 40.8 Å². The Morgan fingerprint density at radius 2 is 1.43 bits per heavy atom. The molecule has 2 aromatic rings. The van der Waals surface area contributed by atoms with Gasteiger partial charge in [-0.2, -0.15) is 0 Å². The molecule has 2 fully saturated rings. The van der Waals surface area contributed by atoms with Crippen molar-refractivity contribution in [2.45, 2.75) is 89.4 Å². The minimum Gasteiger partial charge on any atom is -0.364 e. The van der Waals surface area contributed by atoms with Gasteiger partial charge in [0.15, 0.2) is 5.78 Å². The zero-order chi connectivity index (χ0) is 31.9. The molecule has 4 N–H and O–H groups in total. The van der Waals surface area contributed by atoms with Crippen molar-refractivity contribution in [3.05, 3.63) is 71.8 Å². The minimum absolute atomic E-state index is 0.0127. The van der Waals surface area contributed by atoms with Crippen molar-refractivity contribution in [3.8, 4) is 0 Å². The summed E-state index contributed by atoms with van der Waals surface area (Å²) in [6.07, 6.45) is 5.72. The van der Waals surface area contributed by atoms with E-state index in [1.54, 1.807) is 27.8 Å². The zero-order valence-corrected chi connectivity index (χ0v) is 26.5. The Labute approximate surface area is 261 Å². The van der Waals surface area contributed by atoms with Crippen LogP contribution in [0.2, 0.25) is 0 Å². The fourth-order valence-corrected chi connectivity index (χ4v) is 6.78. The zero-order valence-electron chi connectivity index (χ0n) is 26.5. The van der Waals surface area contributed by atoms with Crippen LogP contribution in [0.1, 0.15) is 82.8 Å². The van der Waals surface area contributed by atoms with Crippen LogP contribution in [-0.2, 0) is 19.2 Å². The highest BCUT2D eigenvalue weighted by atomic mass is 16.3. The van der Waals surface area contributed by atoms with E-state index in [4.69, 9.17) is 0 Å². The number of amides is 3. The van der Waals surface area contributed by atoms with Crippen LogP contribution in [0.25, 0.3) is 0 Å². The van der Waals surface area contributed by atoms with E-state index in [0.29, 0.717) is 30.5 Å². The number of Topliss-reactive ketones (excluding diaryl/α,β-unsaturated/α-hetero) is 1. The van der Waals surface area contributed by atoms with Crippen LogP contribution in [0.15, 0.2) is 60.7 Å². The van der Waals surface area contributed by atoms with Gasteiger partial charge in [-0.05, 0) is 49.8 Å². The summed E-state index contributed by atoms with van der Waals surface area (Å²) >= 11 is 0. The van der Waals surface area contributed by atoms with Gasteiger partial charge in [0, 0.05) is 12.0 Å². The van der Waals surface area contributed by atoms with E-state index in [1.165, 1.54) is 4.90 Å². The molecule has 2 aromatic carbocycles. The third kappa shape index (κ3) is 7.56. The summed E-state index contributed by atoms with van der Waals surface area (Å²) < 4.78 is 0. The molecule has 1 unspecified atom stereocenters. The van der Waals surface area contributed by atoms with Gasteiger partial charge in [-0.15, -0.1) is 0 Å². The molecule has 1 saturated heterocycles. The highest BCUT2D eigenvalue weighted by Crippen LogP contribution is 2.39. The minimum atomic E-state index is -2.31. The average molecular weight is 605 g/mol. The molecule has 0 aromatic heterocycles. The fraction of sp³-hybridized carbons (Fsp3) is 0.543. The molecule has 1 saturated carbocycles. The number of likely N-dealkylation sites (tertiary alicyclic amines) is 1. The quantitative estimate of drug-likeness (QED) is 0.291. The molecular weight excluding hydrogens is 556 g/mol. The van der Waals surface area contributed by atoms with Gasteiger partial charge in [0.2, 0.25) is 23.4 Å². The van der Waals surface area contributed by atoms with Crippen molar-refractivity contribution < 1.29 is 24.3 Å². The molecule has 3 amide bonds. The van der Waals surface area contributed by atoms with E-state index >= 15 is 0 Å². The maximum absolute atomic E-state index is 14.2. The van der Waals surface area contributed by atoms with Crippen molar-refractivity contribution in [1.82, 2.24) is 20.9 Å². The van der Waals surface area contributed by atoms with Crippen LogP contribution in [-0.4, -0.2) is 71.5 Å². The van der Waals surface area contributed by atoms with Crippen molar-refractivity contribution in [2.75, 3.05) is 20.1 Å². The lowest BCUT2D eigenvalue weighted by molar-refractivity contribution is -0.158. The monoisotopic (exact) mass is 604 g/mol. The molecule has 1 aliphatic carbocycles. The van der Waals surface area contributed by atoms with Crippen molar-refractivity contribution in [2.24, 2.45) is 11.3 Å². The largest absolute Gasteiger partial charge is 0.364 e. The molecule has 1 aliphatic heterocycles. The third-order valence-electron chi connectivity index (χ3n) is 8.90. The number of likely N-dealkylation sites (N-methyl/N-ethyl adjacent to an activating group) is 1. The van der Waals surface area contributed by atoms with Gasteiger partial charge in [-0.3, -0.25) is 19.2 Å². The Balaban J connectivity index is 1.68. The van der Waals surface area contributed by atoms with E-state index in [0.717, 1.165) is 32.1 Å². The third-order valence-corrected chi connectivity index (χ3v) is 8.90. The average Bonchev–Trinajstić information content (AvgIpc) is 3.51. The lowest BCUT2D eigenvalue weighted by Crippen LogP contribution is -2.65. The number of hydrogen-bond acceptors (Lipinski definition) is 6. The molecule has 9 nitrogen and oxygen atoms in total. The second-order valence-corrected chi connectivity index (χ2v) is 13.3. The van der Waals surface area contributed by atoms with Crippen LogP contribution in [0, 0.1) is 11.3 Å². The molecule has 1 heterocycles.